The van der Waals surface area contributed by atoms with Crippen LogP contribution in [0.5, 0.6) is 5.75 Å². The van der Waals surface area contributed by atoms with Crippen LogP contribution >= 0.6 is 0 Å². The maximum atomic E-state index is 5.71. The van der Waals surface area contributed by atoms with E-state index in [1.807, 2.05) is 30.3 Å². The quantitative estimate of drug-likeness (QED) is 0.737. The van der Waals surface area contributed by atoms with E-state index in [0.29, 0.717) is 12.0 Å². The molecule has 2 rings (SSSR count). The first-order chi connectivity index (χ1) is 8.38. The molecule has 1 saturated carbocycles. The largest absolute Gasteiger partial charge is 0.494 e. The zero-order chi connectivity index (χ0) is 11.9. The van der Waals surface area contributed by atoms with Gasteiger partial charge in [-0.2, -0.15) is 0 Å². The van der Waals surface area contributed by atoms with Crippen LogP contribution < -0.4 is 10.5 Å². The van der Waals surface area contributed by atoms with Gasteiger partial charge in [-0.15, -0.1) is 0 Å². The summed E-state index contributed by atoms with van der Waals surface area (Å²) >= 11 is 0. The molecule has 0 atom stereocenters. The van der Waals surface area contributed by atoms with Gasteiger partial charge in [0.2, 0.25) is 0 Å². The Balaban J connectivity index is 1.47. The summed E-state index contributed by atoms with van der Waals surface area (Å²) < 4.78 is 11.3. The number of nitrogens with two attached hydrogens (primary N) is 1. The fourth-order valence-corrected chi connectivity index (χ4v) is 2.02. The molecule has 0 radical (unpaired) electrons. The monoisotopic (exact) mass is 235 g/mol. The molecule has 0 amide bonds. The van der Waals surface area contributed by atoms with Gasteiger partial charge in [-0.05, 0) is 37.4 Å². The van der Waals surface area contributed by atoms with Crippen molar-refractivity contribution in [3.63, 3.8) is 0 Å². The summed E-state index contributed by atoms with van der Waals surface area (Å²) in [6.07, 6.45) is 3.66. The van der Waals surface area contributed by atoms with Crippen molar-refractivity contribution in [1.82, 2.24) is 0 Å². The molecule has 94 valence electrons. The molecule has 1 aromatic rings. The van der Waals surface area contributed by atoms with Crippen molar-refractivity contribution in [3.05, 3.63) is 30.3 Å². The molecule has 0 heterocycles. The van der Waals surface area contributed by atoms with E-state index < -0.39 is 0 Å². The number of rotatable bonds is 7. The molecular weight excluding hydrogens is 214 g/mol. The lowest BCUT2D eigenvalue weighted by Crippen LogP contribution is -2.36. The second-order valence-electron chi connectivity index (χ2n) is 4.58. The van der Waals surface area contributed by atoms with Crippen LogP contribution in [0, 0.1) is 5.92 Å². The van der Waals surface area contributed by atoms with Crippen LogP contribution in [-0.2, 0) is 4.74 Å². The van der Waals surface area contributed by atoms with E-state index in [4.69, 9.17) is 15.2 Å². The summed E-state index contributed by atoms with van der Waals surface area (Å²) in [5.41, 5.74) is 5.56. The van der Waals surface area contributed by atoms with Crippen molar-refractivity contribution in [2.45, 2.75) is 25.4 Å². The minimum absolute atomic E-state index is 0.445. The van der Waals surface area contributed by atoms with Gasteiger partial charge in [-0.25, -0.2) is 0 Å². The Bertz CT molecular complexity index is 309. The van der Waals surface area contributed by atoms with Crippen LogP contribution in [-0.4, -0.2) is 25.9 Å². The Kier molecular flexibility index (Phi) is 4.83. The SMILES string of the molecule is NCC1CC(OCCCOc2ccccc2)C1. The summed E-state index contributed by atoms with van der Waals surface area (Å²) in [5, 5.41) is 0. The van der Waals surface area contributed by atoms with Gasteiger partial charge in [0.1, 0.15) is 5.75 Å². The average Bonchev–Trinajstić information content (AvgIpc) is 2.32. The number of hydrogen-bond donors (Lipinski definition) is 1. The van der Waals surface area contributed by atoms with Gasteiger partial charge >= 0.3 is 0 Å². The lowest BCUT2D eigenvalue weighted by molar-refractivity contribution is -0.0311. The lowest BCUT2D eigenvalue weighted by atomic mass is 9.82. The van der Waals surface area contributed by atoms with Gasteiger partial charge in [0.05, 0.1) is 19.3 Å². The Hall–Kier alpha value is -1.06. The van der Waals surface area contributed by atoms with Gasteiger partial charge in [0.15, 0.2) is 0 Å². The minimum Gasteiger partial charge on any atom is -0.494 e. The molecule has 1 fully saturated rings. The smallest absolute Gasteiger partial charge is 0.119 e. The molecule has 0 aromatic heterocycles. The molecule has 0 aliphatic heterocycles. The van der Waals surface area contributed by atoms with Crippen molar-refractivity contribution < 1.29 is 9.47 Å². The van der Waals surface area contributed by atoms with E-state index in [1.165, 1.54) is 0 Å². The fraction of sp³-hybridized carbons (Fsp3) is 0.571. The normalized spacial score (nSPS) is 23.1. The van der Waals surface area contributed by atoms with Crippen LogP contribution in [0.3, 0.4) is 0 Å². The van der Waals surface area contributed by atoms with Crippen molar-refractivity contribution in [2.75, 3.05) is 19.8 Å². The predicted molar refractivity (Wildman–Crippen MR) is 68.1 cm³/mol. The third-order valence-corrected chi connectivity index (χ3v) is 3.18. The second-order valence-corrected chi connectivity index (χ2v) is 4.58. The molecule has 1 aliphatic rings. The third-order valence-electron chi connectivity index (χ3n) is 3.18. The van der Waals surface area contributed by atoms with Crippen LogP contribution in [0.4, 0.5) is 0 Å². The highest BCUT2D eigenvalue weighted by Crippen LogP contribution is 2.28. The summed E-state index contributed by atoms with van der Waals surface area (Å²) in [4.78, 5) is 0. The van der Waals surface area contributed by atoms with E-state index in [-0.39, 0.29) is 0 Å². The summed E-state index contributed by atoms with van der Waals surface area (Å²) in [5.74, 6) is 1.62. The van der Waals surface area contributed by atoms with Crippen molar-refractivity contribution in [3.8, 4) is 5.75 Å². The molecule has 17 heavy (non-hydrogen) atoms. The van der Waals surface area contributed by atoms with E-state index >= 15 is 0 Å². The molecule has 0 saturated heterocycles. The highest BCUT2D eigenvalue weighted by molar-refractivity contribution is 5.20. The molecule has 1 aliphatic carbocycles. The molecule has 1 aromatic carbocycles. The topological polar surface area (TPSA) is 44.5 Å². The van der Waals surface area contributed by atoms with Gasteiger partial charge in [-0.3, -0.25) is 0 Å². The van der Waals surface area contributed by atoms with Gasteiger partial charge in [0, 0.05) is 6.42 Å². The van der Waals surface area contributed by atoms with Crippen LogP contribution in [0.1, 0.15) is 19.3 Å². The highest BCUT2D eigenvalue weighted by Gasteiger charge is 2.28. The first-order valence-electron chi connectivity index (χ1n) is 6.38. The highest BCUT2D eigenvalue weighted by atomic mass is 16.5. The zero-order valence-corrected chi connectivity index (χ0v) is 10.2. The minimum atomic E-state index is 0.445. The summed E-state index contributed by atoms with van der Waals surface area (Å²) in [7, 11) is 0. The third kappa shape index (κ3) is 4.02. The first-order valence-corrected chi connectivity index (χ1v) is 6.38. The van der Waals surface area contributed by atoms with E-state index in [2.05, 4.69) is 0 Å². The molecule has 0 bridgehead atoms. The lowest BCUT2D eigenvalue weighted by Gasteiger charge is -2.34. The van der Waals surface area contributed by atoms with Gasteiger partial charge in [0.25, 0.3) is 0 Å². The number of benzene rings is 1. The van der Waals surface area contributed by atoms with Crippen molar-refractivity contribution in [1.29, 1.82) is 0 Å². The van der Waals surface area contributed by atoms with E-state index in [0.717, 1.165) is 44.8 Å². The van der Waals surface area contributed by atoms with E-state index in [9.17, 15) is 0 Å². The zero-order valence-electron chi connectivity index (χ0n) is 10.2. The fourth-order valence-electron chi connectivity index (χ4n) is 2.02. The molecule has 2 N–H and O–H groups in total. The van der Waals surface area contributed by atoms with Crippen molar-refractivity contribution in [2.24, 2.45) is 11.7 Å². The average molecular weight is 235 g/mol. The maximum Gasteiger partial charge on any atom is 0.119 e. The number of hydrogen-bond acceptors (Lipinski definition) is 3. The first kappa shape index (κ1) is 12.4. The standard InChI is InChI=1S/C14H21NO2/c15-11-12-9-14(10-12)17-8-4-7-16-13-5-2-1-3-6-13/h1-3,5-6,12,14H,4,7-11,15H2. The Morgan fingerprint density at radius 3 is 2.59 bits per heavy atom. The van der Waals surface area contributed by atoms with Gasteiger partial charge < -0.3 is 15.2 Å². The second kappa shape index (κ2) is 6.62. The predicted octanol–water partition coefficient (Wildman–Crippen LogP) is 2.21. The Morgan fingerprint density at radius 2 is 1.88 bits per heavy atom. The molecule has 0 unspecified atom stereocenters. The molecule has 3 nitrogen and oxygen atoms in total. The molecule has 3 heteroatoms. The maximum absolute atomic E-state index is 5.71. The summed E-state index contributed by atoms with van der Waals surface area (Å²) in [6, 6.07) is 9.89. The van der Waals surface area contributed by atoms with Crippen LogP contribution in [0.2, 0.25) is 0 Å². The summed E-state index contributed by atoms with van der Waals surface area (Å²) in [6.45, 7) is 2.31. The van der Waals surface area contributed by atoms with Crippen molar-refractivity contribution >= 4 is 0 Å². The number of para-hydroxylation sites is 1. The molecule has 0 spiro atoms. The Morgan fingerprint density at radius 1 is 1.12 bits per heavy atom. The van der Waals surface area contributed by atoms with E-state index in [1.54, 1.807) is 0 Å². The Labute approximate surface area is 103 Å². The number of ether oxygens (including phenoxy) is 2. The van der Waals surface area contributed by atoms with Crippen LogP contribution in [0.15, 0.2) is 30.3 Å². The van der Waals surface area contributed by atoms with Gasteiger partial charge in [-0.1, -0.05) is 18.2 Å². The van der Waals surface area contributed by atoms with Crippen LogP contribution in [0.25, 0.3) is 0 Å². The molecular formula is C14H21NO2.